The Morgan fingerprint density at radius 2 is 1.72 bits per heavy atom. The molecule has 7 heteroatoms. The molecule has 0 atom stereocenters. The second kappa shape index (κ2) is 11.9. The van der Waals surface area contributed by atoms with Gasteiger partial charge in [0.25, 0.3) is 0 Å². The molecule has 0 spiro atoms. The Morgan fingerprint density at radius 3 is 2.28 bits per heavy atom. The summed E-state index contributed by atoms with van der Waals surface area (Å²) in [6, 6.07) is 0.746. The summed E-state index contributed by atoms with van der Waals surface area (Å²) in [5.41, 5.74) is 0. The fraction of sp³-hybridized carbons (Fsp3) is 0.889. The van der Waals surface area contributed by atoms with Gasteiger partial charge < -0.3 is 20.0 Å². The van der Waals surface area contributed by atoms with Gasteiger partial charge in [-0.25, -0.2) is 0 Å². The molecule has 1 saturated heterocycles. The Bertz CT molecular complexity index is 418. The van der Waals surface area contributed by atoms with Crippen LogP contribution in [0.5, 0.6) is 0 Å². The molecule has 1 amide bonds. The van der Waals surface area contributed by atoms with E-state index in [1.54, 1.807) is 6.92 Å². The van der Waals surface area contributed by atoms with Crippen LogP contribution in [-0.2, 0) is 4.79 Å². The normalized spacial score (nSPS) is 19.8. The molecule has 0 aromatic carbocycles. The molecule has 6 nitrogen and oxygen atoms in total. The van der Waals surface area contributed by atoms with Crippen LogP contribution < -0.4 is 5.32 Å². The minimum atomic E-state index is 0. The van der Waals surface area contributed by atoms with Crippen LogP contribution in [0.3, 0.4) is 0 Å². The molecule has 1 heterocycles. The summed E-state index contributed by atoms with van der Waals surface area (Å²) in [6.45, 7) is 9.81. The van der Waals surface area contributed by atoms with Gasteiger partial charge in [-0.05, 0) is 26.8 Å². The quantitative estimate of drug-likeness (QED) is 0.384. The lowest BCUT2D eigenvalue weighted by atomic mass is 9.94. The highest BCUT2D eigenvalue weighted by atomic mass is 127. The van der Waals surface area contributed by atoms with Crippen LogP contribution in [0, 0.1) is 0 Å². The summed E-state index contributed by atoms with van der Waals surface area (Å²) in [4.78, 5) is 23.0. The lowest BCUT2D eigenvalue weighted by Crippen LogP contribution is -2.53. The standard InChI is InChI=1S/C18H35N5O.HI/c1-4-19-18(23-14-12-22(13-15-23)16(2)24)20-10-11-21(3)17-8-6-5-7-9-17;/h17H,4-15H2,1-3H3,(H,19,20);1H. The van der Waals surface area contributed by atoms with Crippen molar-refractivity contribution in [3.8, 4) is 0 Å². The lowest BCUT2D eigenvalue weighted by molar-refractivity contribution is -0.130. The van der Waals surface area contributed by atoms with Gasteiger partial charge in [0, 0.05) is 52.2 Å². The van der Waals surface area contributed by atoms with Crippen LogP contribution in [0.4, 0.5) is 0 Å². The maximum atomic E-state index is 11.5. The number of hydrogen-bond acceptors (Lipinski definition) is 3. The number of piperazine rings is 1. The van der Waals surface area contributed by atoms with E-state index in [0.29, 0.717) is 0 Å². The molecule has 1 aliphatic carbocycles. The molecule has 1 aliphatic heterocycles. The van der Waals surface area contributed by atoms with E-state index in [-0.39, 0.29) is 29.9 Å². The van der Waals surface area contributed by atoms with Crippen molar-refractivity contribution in [1.82, 2.24) is 20.0 Å². The number of nitrogens with zero attached hydrogens (tertiary/aromatic N) is 4. The smallest absolute Gasteiger partial charge is 0.219 e. The summed E-state index contributed by atoms with van der Waals surface area (Å²) < 4.78 is 0. The predicted molar refractivity (Wildman–Crippen MR) is 115 cm³/mol. The Hall–Kier alpha value is -0.570. The van der Waals surface area contributed by atoms with E-state index < -0.39 is 0 Å². The third kappa shape index (κ3) is 7.29. The molecule has 0 unspecified atom stereocenters. The first-order valence-corrected chi connectivity index (χ1v) is 9.60. The maximum absolute atomic E-state index is 11.5. The van der Waals surface area contributed by atoms with Gasteiger partial charge in [-0.2, -0.15) is 0 Å². The molecule has 0 aromatic heterocycles. The van der Waals surface area contributed by atoms with Crippen LogP contribution >= 0.6 is 24.0 Å². The molecule has 0 aromatic rings. The maximum Gasteiger partial charge on any atom is 0.219 e. The average Bonchev–Trinajstić information content (AvgIpc) is 2.61. The molecular formula is C18H36IN5O. The van der Waals surface area contributed by atoms with Crippen molar-refractivity contribution in [3.05, 3.63) is 0 Å². The predicted octanol–water partition coefficient (Wildman–Crippen LogP) is 2.00. The number of likely N-dealkylation sites (N-methyl/N-ethyl adjacent to an activating group) is 1. The molecule has 0 radical (unpaired) electrons. The van der Waals surface area contributed by atoms with Crippen molar-refractivity contribution in [3.63, 3.8) is 0 Å². The summed E-state index contributed by atoms with van der Waals surface area (Å²) in [7, 11) is 2.24. The number of rotatable bonds is 5. The van der Waals surface area contributed by atoms with E-state index in [9.17, 15) is 4.79 Å². The first-order chi connectivity index (χ1) is 11.6. The van der Waals surface area contributed by atoms with Crippen molar-refractivity contribution in [2.75, 3.05) is 52.9 Å². The molecule has 2 fully saturated rings. The summed E-state index contributed by atoms with van der Waals surface area (Å²) in [6.07, 6.45) is 6.84. The Kier molecular flexibility index (Phi) is 10.7. The van der Waals surface area contributed by atoms with Crippen molar-refractivity contribution in [1.29, 1.82) is 0 Å². The summed E-state index contributed by atoms with van der Waals surface area (Å²) in [5.74, 6) is 1.17. The number of carbonyl (C=O) groups is 1. The van der Waals surface area contributed by atoms with E-state index in [2.05, 4.69) is 29.1 Å². The molecule has 1 saturated carbocycles. The highest BCUT2D eigenvalue weighted by molar-refractivity contribution is 14.0. The number of halogens is 1. The van der Waals surface area contributed by atoms with Crippen LogP contribution in [-0.4, -0.2) is 85.5 Å². The van der Waals surface area contributed by atoms with Crippen LogP contribution in [0.25, 0.3) is 0 Å². The topological polar surface area (TPSA) is 51.2 Å². The highest BCUT2D eigenvalue weighted by Crippen LogP contribution is 2.21. The number of guanidine groups is 1. The van der Waals surface area contributed by atoms with Gasteiger partial charge in [-0.3, -0.25) is 9.79 Å². The molecular weight excluding hydrogens is 429 g/mol. The van der Waals surface area contributed by atoms with Gasteiger partial charge in [-0.1, -0.05) is 19.3 Å². The van der Waals surface area contributed by atoms with Gasteiger partial charge in [0.2, 0.25) is 5.91 Å². The SMILES string of the molecule is CCNC(=NCCN(C)C1CCCCC1)N1CCN(C(C)=O)CC1.I. The second-order valence-electron chi connectivity index (χ2n) is 7.00. The first-order valence-electron chi connectivity index (χ1n) is 9.60. The van der Waals surface area contributed by atoms with E-state index in [0.717, 1.165) is 57.8 Å². The third-order valence-corrected chi connectivity index (χ3v) is 5.27. The fourth-order valence-electron chi connectivity index (χ4n) is 3.68. The lowest BCUT2D eigenvalue weighted by Gasteiger charge is -2.36. The molecule has 2 aliphatic rings. The monoisotopic (exact) mass is 465 g/mol. The van der Waals surface area contributed by atoms with Gasteiger partial charge in [0.1, 0.15) is 0 Å². The largest absolute Gasteiger partial charge is 0.357 e. The third-order valence-electron chi connectivity index (χ3n) is 5.27. The van der Waals surface area contributed by atoms with Crippen LogP contribution in [0.2, 0.25) is 0 Å². The van der Waals surface area contributed by atoms with Gasteiger partial charge >= 0.3 is 0 Å². The minimum absolute atomic E-state index is 0. The van der Waals surface area contributed by atoms with E-state index in [4.69, 9.17) is 4.99 Å². The summed E-state index contributed by atoms with van der Waals surface area (Å²) >= 11 is 0. The first kappa shape index (κ1) is 22.5. The van der Waals surface area contributed by atoms with Crippen molar-refractivity contribution in [2.45, 2.75) is 52.0 Å². The average molecular weight is 465 g/mol. The number of nitrogens with one attached hydrogen (secondary N) is 1. The number of aliphatic imine (C=N–C) groups is 1. The Labute approximate surface area is 170 Å². The minimum Gasteiger partial charge on any atom is -0.357 e. The van der Waals surface area contributed by atoms with E-state index in [1.807, 2.05) is 4.90 Å². The zero-order chi connectivity index (χ0) is 17.4. The fourth-order valence-corrected chi connectivity index (χ4v) is 3.68. The van der Waals surface area contributed by atoms with E-state index in [1.165, 1.54) is 32.1 Å². The van der Waals surface area contributed by atoms with Crippen molar-refractivity contribution >= 4 is 35.8 Å². The van der Waals surface area contributed by atoms with Gasteiger partial charge in [0.15, 0.2) is 5.96 Å². The molecule has 2 rings (SSSR count). The van der Waals surface area contributed by atoms with Crippen LogP contribution in [0.1, 0.15) is 46.0 Å². The van der Waals surface area contributed by atoms with E-state index >= 15 is 0 Å². The zero-order valence-corrected chi connectivity index (χ0v) is 18.5. The molecule has 25 heavy (non-hydrogen) atoms. The van der Waals surface area contributed by atoms with Crippen LogP contribution in [0.15, 0.2) is 4.99 Å². The Morgan fingerprint density at radius 1 is 1.12 bits per heavy atom. The number of hydrogen-bond donors (Lipinski definition) is 1. The summed E-state index contributed by atoms with van der Waals surface area (Å²) in [5, 5.41) is 3.40. The second-order valence-corrected chi connectivity index (χ2v) is 7.00. The van der Waals surface area contributed by atoms with Crippen molar-refractivity contribution in [2.24, 2.45) is 4.99 Å². The number of carbonyl (C=O) groups excluding carboxylic acids is 1. The highest BCUT2D eigenvalue weighted by Gasteiger charge is 2.21. The zero-order valence-electron chi connectivity index (χ0n) is 16.2. The molecule has 146 valence electrons. The van der Waals surface area contributed by atoms with Gasteiger partial charge in [0.05, 0.1) is 6.54 Å². The molecule has 1 N–H and O–H groups in total. The van der Waals surface area contributed by atoms with Gasteiger partial charge in [-0.15, -0.1) is 24.0 Å². The van der Waals surface area contributed by atoms with Crippen molar-refractivity contribution < 1.29 is 4.79 Å². The molecule has 0 bridgehead atoms. The number of amides is 1. The Balaban J connectivity index is 0.00000312.